The Hall–Kier alpha value is -0.910. The zero-order chi connectivity index (χ0) is 13.4. The first-order chi connectivity index (χ1) is 8.60. The summed E-state index contributed by atoms with van der Waals surface area (Å²) in [7, 11) is -3.25. The lowest BCUT2D eigenvalue weighted by molar-refractivity contribution is -0.136. The highest BCUT2D eigenvalue weighted by molar-refractivity contribution is 7.91. The first-order valence-electron chi connectivity index (χ1n) is 6.11. The van der Waals surface area contributed by atoms with Crippen LogP contribution in [0.15, 0.2) is 35.2 Å². The molecule has 18 heavy (non-hydrogen) atoms. The molecule has 0 heterocycles. The van der Waals surface area contributed by atoms with Gasteiger partial charge in [0.25, 0.3) is 0 Å². The molecule has 0 radical (unpaired) electrons. The highest BCUT2D eigenvalue weighted by Crippen LogP contribution is 2.13. The zero-order valence-corrected chi connectivity index (χ0v) is 11.7. The summed E-state index contributed by atoms with van der Waals surface area (Å²) >= 11 is 0. The number of benzene rings is 1. The van der Waals surface area contributed by atoms with Crippen LogP contribution in [0.1, 0.15) is 20.3 Å². The summed E-state index contributed by atoms with van der Waals surface area (Å²) in [6.45, 7) is 4.74. The van der Waals surface area contributed by atoms with E-state index in [1.807, 2.05) is 13.8 Å². The van der Waals surface area contributed by atoms with E-state index >= 15 is 0 Å². The highest BCUT2D eigenvalue weighted by atomic mass is 32.2. The molecule has 0 spiro atoms. The second-order valence-corrected chi connectivity index (χ2v) is 5.87. The Kier molecular flexibility index (Phi) is 6.32. The summed E-state index contributed by atoms with van der Waals surface area (Å²) in [5.41, 5.74) is 0. The first kappa shape index (κ1) is 15.1. The SMILES string of the molecule is CCOC(CCS(=O)(=O)c1ccccc1)OCC. The van der Waals surface area contributed by atoms with Gasteiger partial charge in [-0.15, -0.1) is 0 Å². The Morgan fingerprint density at radius 2 is 1.61 bits per heavy atom. The fraction of sp³-hybridized carbons (Fsp3) is 0.538. The first-order valence-corrected chi connectivity index (χ1v) is 7.76. The summed E-state index contributed by atoms with van der Waals surface area (Å²) in [6.07, 6.45) is -0.0997. The molecule has 0 aromatic heterocycles. The van der Waals surface area contributed by atoms with Crippen LogP contribution in [0.2, 0.25) is 0 Å². The van der Waals surface area contributed by atoms with Crippen LogP contribution in [0.5, 0.6) is 0 Å². The normalized spacial score (nSPS) is 11.9. The van der Waals surface area contributed by atoms with Gasteiger partial charge in [0.05, 0.1) is 10.6 Å². The molecule has 5 heteroatoms. The molecule has 0 aliphatic rings. The van der Waals surface area contributed by atoms with Crippen molar-refractivity contribution < 1.29 is 17.9 Å². The smallest absolute Gasteiger partial charge is 0.178 e. The fourth-order valence-corrected chi connectivity index (χ4v) is 2.89. The molecular weight excluding hydrogens is 252 g/mol. The molecule has 0 aliphatic carbocycles. The van der Waals surface area contributed by atoms with Gasteiger partial charge in [-0.2, -0.15) is 0 Å². The van der Waals surface area contributed by atoms with Crippen molar-refractivity contribution in [1.29, 1.82) is 0 Å². The maximum atomic E-state index is 12.0. The fourth-order valence-electron chi connectivity index (χ4n) is 1.58. The van der Waals surface area contributed by atoms with E-state index in [4.69, 9.17) is 9.47 Å². The van der Waals surface area contributed by atoms with Crippen molar-refractivity contribution in [3.8, 4) is 0 Å². The molecular formula is C13H20O4S. The lowest BCUT2D eigenvalue weighted by Crippen LogP contribution is -2.21. The second kappa shape index (κ2) is 7.51. The maximum absolute atomic E-state index is 12.0. The zero-order valence-electron chi connectivity index (χ0n) is 10.8. The quantitative estimate of drug-likeness (QED) is 0.681. The summed E-state index contributed by atoms with van der Waals surface area (Å²) in [5.74, 6) is 0.0294. The minimum absolute atomic E-state index is 0.0294. The molecule has 1 aromatic rings. The van der Waals surface area contributed by atoms with Gasteiger partial charge in [0.15, 0.2) is 16.1 Å². The van der Waals surface area contributed by atoms with Crippen molar-refractivity contribution in [3.63, 3.8) is 0 Å². The third-order valence-electron chi connectivity index (χ3n) is 2.43. The molecule has 0 atom stereocenters. The van der Waals surface area contributed by atoms with E-state index in [-0.39, 0.29) is 5.75 Å². The number of ether oxygens (including phenoxy) is 2. The topological polar surface area (TPSA) is 52.6 Å². The Morgan fingerprint density at radius 1 is 1.06 bits per heavy atom. The van der Waals surface area contributed by atoms with E-state index in [9.17, 15) is 8.42 Å². The van der Waals surface area contributed by atoms with Crippen LogP contribution in [0.4, 0.5) is 0 Å². The number of hydrogen-bond donors (Lipinski definition) is 0. The van der Waals surface area contributed by atoms with E-state index in [0.29, 0.717) is 24.5 Å². The molecule has 0 unspecified atom stereocenters. The standard InChI is InChI=1S/C13H20O4S/c1-3-16-13(17-4-2)10-11-18(14,15)12-8-6-5-7-9-12/h5-9,13H,3-4,10-11H2,1-2H3. The Bertz CT molecular complexity index is 422. The Labute approximate surface area is 109 Å². The lowest BCUT2D eigenvalue weighted by atomic mass is 10.4. The summed E-state index contributed by atoms with van der Waals surface area (Å²) in [4.78, 5) is 0.344. The summed E-state index contributed by atoms with van der Waals surface area (Å²) in [6, 6.07) is 8.44. The van der Waals surface area contributed by atoms with Crippen LogP contribution < -0.4 is 0 Å². The average Bonchev–Trinajstić information content (AvgIpc) is 2.38. The van der Waals surface area contributed by atoms with Crippen LogP contribution in [0.25, 0.3) is 0 Å². The number of hydrogen-bond acceptors (Lipinski definition) is 4. The van der Waals surface area contributed by atoms with Crippen molar-refractivity contribution in [2.75, 3.05) is 19.0 Å². The molecule has 0 aliphatic heterocycles. The van der Waals surface area contributed by atoms with Gasteiger partial charge in [0.1, 0.15) is 0 Å². The third-order valence-corrected chi connectivity index (χ3v) is 4.19. The number of rotatable bonds is 8. The van der Waals surface area contributed by atoms with E-state index in [0.717, 1.165) is 0 Å². The van der Waals surface area contributed by atoms with Crippen LogP contribution >= 0.6 is 0 Å². The summed E-state index contributed by atoms with van der Waals surface area (Å²) < 4.78 is 34.7. The van der Waals surface area contributed by atoms with Crippen LogP contribution in [-0.2, 0) is 19.3 Å². The van der Waals surface area contributed by atoms with Gasteiger partial charge < -0.3 is 9.47 Å². The molecule has 0 amide bonds. The van der Waals surface area contributed by atoms with Crippen molar-refractivity contribution in [1.82, 2.24) is 0 Å². The predicted molar refractivity (Wildman–Crippen MR) is 70.2 cm³/mol. The molecule has 1 rings (SSSR count). The second-order valence-electron chi connectivity index (χ2n) is 3.76. The van der Waals surface area contributed by atoms with Gasteiger partial charge in [-0.25, -0.2) is 8.42 Å². The summed E-state index contributed by atoms with van der Waals surface area (Å²) in [5, 5.41) is 0. The maximum Gasteiger partial charge on any atom is 0.178 e. The lowest BCUT2D eigenvalue weighted by Gasteiger charge is -2.16. The molecule has 1 aromatic carbocycles. The predicted octanol–water partition coefficient (Wildman–Crippen LogP) is 2.25. The molecule has 0 N–H and O–H groups in total. The molecule has 0 saturated heterocycles. The minimum Gasteiger partial charge on any atom is -0.353 e. The van der Waals surface area contributed by atoms with Crippen LogP contribution in [0.3, 0.4) is 0 Å². The monoisotopic (exact) mass is 272 g/mol. The van der Waals surface area contributed by atoms with Gasteiger partial charge in [0, 0.05) is 19.6 Å². The highest BCUT2D eigenvalue weighted by Gasteiger charge is 2.17. The van der Waals surface area contributed by atoms with Gasteiger partial charge in [0.2, 0.25) is 0 Å². The molecule has 102 valence electrons. The molecule has 0 saturated carbocycles. The third kappa shape index (κ3) is 4.76. The molecule has 0 fully saturated rings. The van der Waals surface area contributed by atoms with E-state index in [1.54, 1.807) is 30.3 Å². The van der Waals surface area contributed by atoms with Crippen molar-refractivity contribution in [3.05, 3.63) is 30.3 Å². The van der Waals surface area contributed by atoms with Crippen molar-refractivity contribution in [2.24, 2.45) is 0 Å². The minimum atomic E-state index is -3.25. The van der Waals surface area contributed by atoms with Gasteiger partial charge >= 0.3 is 0 Å². The Balaban J connectivity index is 2.61. The van der Waals surface area contributed by atoms with E-state index < -0.39 is 16.1 Å². The van der Waals surface area contributed by atoms with Crippen LogP contribution in [0, 0.1) is 0 Å². The molecule has 0 bridgehead atoms. The van der Waals surface area contributed by atoms with E-state index in [2.05, 4.69) is 0 Å². The Morgan fingerprint density at radius 3 is 2.11 bits per heavy atom. The van der Waals surface area contributed by atoms with Gasteiger partial charge in [-0.05, 0) is 26.0 Å². The van der Waals surface area contributed by atoms with Gasteiger partial charge in [-0.1, -0.05) is 18.2 Å². The molecule has 4 nitrogen and oxygen atoms in total. The van der Waals surface area contributed by atoms with Gasteiger partial charge in [-0.3, -0.25) is 0 Å². The van der Waals surface area contributed by atoms with Crippen LogP contribution in [-0.4, -0.2) is 33.7 Å². The van der Waals surface area contributed by atoms with Crippen molar-refractivity contribution >= 4 is 9.84 Å². The number of sulfone groups is 1. The van der Waals surface area contributed by atoms with E-state index in [1.165, 1.54) is 0 Å². The average molecular weight is 272 g/mol. The largest absolute Gasteiger partial charge is 0.353 e. The van der Waals surface area contributed by atoms with Crippen molar-refractivity contribution in [2.45, 2.75) is 31.5 Å².